The molecular weight excluding hydrogens is 707 g/mol. The molecule has 0 spiro atoms. The smallest absolute Gasteiger partial charge is 0.462 e. The van der Waals surface area contributed by atoms with E-state index in [-0.39, 0.29) is 19.4 Å². The maximum atomic E-state index is 12.6. The number of carbonyl (C=O) groups is 2. The minimum absolute atomic E-state index is 0.127. The Labute approximate surface area is 329 Å². The molecule has 0 amide bonds. The topological polar surface area (TPSA) is 149 Å². The van der Waals surface area contributed by atoms with E-state index in [0.29, 0.717) is 19.3 Å². The third-order valence-electron chi connectivity index (χ3n) is 9.34. The van der Waals surface area contributed by atoms with Crippen molar-refractivity contribution in [2.45, 2.75) is 212 Å². The average Bonchev–Trinajstić information content (AvgIpc) is 3.16. The summed E-state index contributed by atoms with van der Waals surface area (Å²) in [6.45, 7) is 2.31. The fourth-order valence-corrected chi connectivity index (χ4v) is 6.74. The lowest BCUT2D eigenvalue weighted by Gasteiger charge is -2.20. The molecule has 318 valence electrons. The molecule has 0 radical (unpaired) electrons. The van der Waals surface area contributed by atoms with Gasteiger partial charge in [0, 0.05) is 12.8 Å². The van der Waals surface area contributed by atoms with Crippen LogP contribution in [0.15, 0.2) is 24.3 Å². The van der Waals surface area contributed by atoms with Crippen LogP contribution >= 0.6 is 7.82 Å². The second kappa shape index (κ2) is 39.7. The number of aliphatic hydroxyl groups excluding tert-OH is 2. The summed E-state index contributed by atoms with van der Waals surface area (Å²) in [5.74, 6) is -0.974. The molecular formula is C43H81O10P. The van der Waals surface area contributed by atoms with Crippen molar-refractivity contribution >= 4 is 19.8 Å². The van der Waals surface area contributed by atoms with Gasteiger partial charge in [-0.3, -0.25) is 18.6 Å². The summed E-state index contributed by atoms with van der Waals surface area (Å²) in [5.41, 5.74) is 0. The Morgan fingerprint density at radius 1 is 0.537 bits per heavy atom. The number of unbranched alkanes of at least 4 members (excludes halogenated alkanes) is 23. The number of esters is 2. The van der Waals surface area contributed by atoms with E-state index in [4.69, 9.17) is 19.1 Å². The Bertz CT molecular complexity index is 957. The maximum Gasteiger partial charge on any atom is 0.472 e. The van der Waals surface area contributed by atoms with Crippen LogP contribution in [-0.4, -0.2) is 65.7 Å². The molecule has 0 bridgehead atoms. The molecule has 0 aromatic rings. The summed E-state index contributed by atoms with van der Waals surface area (Å²) in [7, 11) is -4.62. The van der Waals surface area contributed by atoms with Gasteiger partial charge < -0.3 is 24.6 Å². The third kappa shape index (κ3) is 38.7. The van der Waals surface area contributed by atoms with Crippen LogP contribution in [0, 0.1) is 0 Å². The molecule has 0 saturated heterocycles. The minimum atomic E-state index is -4.62. The summed E-state index contributed by atoms with van der Waals surface area (Å²) >= 11 is 0. The highest BCUT2D eigenvalue weighted by Crippen LogP contribution is 2.43. The van der Waals surface area contributed by atoms with Crippen LogP contribution in [0.25, 0.3) is 0 Å². The number of phosphoric acid groups is 1. The fourth-order valence-electron chi connectivity index (χ4n) is 5.95. The van der Waals surface area contributed by atoms with Gasteiger partial charge >= 0.3 is 19.8 Å². The van der Waals surface area contributed by atoms with Crippen molar-refractivity contribution in [1.82, 2.24) is 0 Å². The number of aliphatic hydroxyl groups is 2. The summed E-state index contributed by atoms with van der Waals surface area (Å²) in [6.07, 6.45) is 39.0. The predicted octanol–water partition coefficient (Wildman–Crippen LogP) is 11.4. The largest absolute Gasteiger partial charge is 0.472 e. The van der Waals surface area contributed by atoms with Gasteiger partial charge in [-0.25, -0.2) is 4.57 Å². The molecule has 0 rings (SSSR count). The minimum Gasteiger partial charge on any atom is -0.462 e. The van der Waals surface area contributed by atoms with Gasteiger partial charge in [-0.05, 0) is 44.9 Å². The van der Waals surface area contributed by atoms with E-state index in [1.807, 2.05) is 0 Å². The monoisotopic (exact) mass is 789 g/mol. The number of hydrogen-bond acceptors (Lipinski definition) is 9. The quantitative estimate of drug-likeness (QED) is 0.0236. The van der Waals surface area contributed by atoms with E-state index in [9.17, 15) is 24.2 Å². The predicted molar refractivity (Wildman–Crippen MR) is 219 cm³/mol. The van der Waals surface area contributed by atoms with Crippen molar-refractivity contribution in [2.75, 3.05) is 26.4 Å². The normalized spacial score (nSPS) is 14.1. The van der Waals surface area contributed by atoms with Crippen molar-refractivity contribution < 1.29 is 47.8 Å². The Hall–Kier alpha value is -1.55. The number of carbonyl (C=O) groups excluding carboxylic acids is 2. The van der Waals surface area contributed by atoms with Gasteiger partial charge in [0.1, 0.15) is 12.7 Å². The molecule has 3 N–H and O–H groups in total. The van der Waals surface area contributed by atoms with Gasteiger partial charge in [0.05, 0.1) is 19.8 Å². The van der Waals surface area contributed by atoms with Crippen LogP contribution in [0.2, 0.25) is 0 Å². The van der Waals surface area contributed by atoms with E-state index >= 15 is 0 Å². The number of rotatable bonds is 41. The average molecular weight is 789 g/mol. The van der Waals surface area contributed by atoms with Crippen molar-refractivity contribution in [3.8, 4) is 0 Å². The van der Waals surface area contributed by atoms with Crippen LogP contribution in [0.5, 0.6) is 0 Å². The van der Waals surface area contributed by atoms with Crippen molar-refractivity contribution in [3.05, 3.63) is 24.3 Å². The highest BCUT2D eigenvalue weighted by molar-refractivity contribution is 7.47. The van der Waals surface area contributed by atoms with Gasteiger partial charge in [-0.1, -0.05) is 167 Å². The molecule has 0 aliphatic heterocycles. The van der Waals surface area contributed by atoms with Gasteiger partial charge in [-0.2, -0.15) is 0 Å². The van der Waals surface area contributed by atoms with Crippen LogP contribution in [-0.2, 0) is 32.7 Å². The molecule has 0 aliphatic rings. The molecule has 0 aromatic heterocycles. The van der Waals surface area contributed by atoms with E-state index in [1.165, 1.54) is 116 Å². The molecule has 11 heteroatoms. The zero-order valence-corrected chi connectivity index (χ0v) is 35.3. The summed E-state index contributed by atoms with van der Waals surface area (Å²) in [4.78, 5) is 34.8. The lowest BCUT2D eigenvalue weighted by molar-refractivity contribution is -0.161. The Morgan fingerprint density at radius 2 is 0.944 bits per heavy atom. The SMILES string of the molecule is CCCCCCCCCCCCCCCC/C=C/CC/C=C/CCCC(=O)O[C@H](COC(=O)CCCCCCCCCC)COP(=O)(O)OC[C@@H](O)CO. The Morgan fingerprint density at radius 3 is 1.44 bits per heavy atom. The second-order valence-corrected chi connectivity index (χ2v) is 16.2. The molecule has 10 nitrogen and oxygen atoms in total. The van der Waals surface area contributed by atoms with Crippen LogP contribution in [0.3, 0.4) is 0 Å². The maximum absolute atomic E-state index is 12.6. The first-order valence-electron chi connectivity index (χ1n) is 21.8. The van der Waals surface area contributed by atoms with Gasteiger partial charge in [-0.15, -0.1) is 0 Å². The number of phosphoric ester groups is 1. The molecule has 3 atom stereocenters. The van der Waals surface area contributed by atoms with E-state index in [2.05, 4.69) is 42.7 Å². The first kappa shape index (κ1) is 52.5. The molecule has 0 heterocycles. The zero-order valence-electron chi connectivity index (χ0n) is 34.4. The van der Waals surface area contributed by atoms with Crippen molar-refractivity contribution in [2.24, 2.45) is 0 Å². The second-order valence-electron chi connectivity index (χ2n) is 14.7. The van der Waals surface area contributed by atoms with Crippen LogP contribution in [0.4, 0.5) is 0 Å². The Kier molecular flexibility index (Phi) is 38.5. The third-order valence-corrected chi connectivity index (χ3v) is 10.3. The molecule has 0 saturated carbocycles. The number of allylic oxidation sites excluding steroid dienone is 4. The van der Waals surface area contributed by atoms with E-state index in [0.717, 1.165) is 38.5 Å². The number of ether oxygens (including phenoxy) is 2. The van der Waals surface area contributed by atoms with Gasteiger partial charge in [0.15, 0.2) is 6.10 Å². The summed E-state index contributed by atoms with van der Waals surface area (Å²) in [6, 6.07) is 0. The fraction of sp³-hybridized carbons (Fsp3) is 0.860. The highest BCUT2D eigenvalue weighted by Gasteiger charge is 2.27. The zero-order chi connectivity index (χ0) is 39.8. The van der Waals surface area contributed by atoms with Gasteiger partial charge in [0.2, 0.25) is 0 Å². The summed E-state index contributed by atoms with van der Waals surface area (Å²) in [5, 5.41) is 18.3. The lowest BCUT2D eigenvalue weighted by atomic mass is 10.0. The summed E-state index contributed by atoms with van der Waals surface area (Å²) < 4.78 is 32.5. The highest BCUT2D eigenvalue weighted by atomic mass is 31.2. The van der Waals surface area contributed by atoms with Crippen molar-refractivity contribution in [3.63, 3.8) is 0 Å². The van der Waals surface area contributed by atoms with Crippen molar-refractivity contribution in [1.29, 1.82) is 0 Å². The lowest BCUT2D eigenvalue weighted by Crippen LogP contribution is -2.29. The van der Waals surface area contributed by atoms with E-state index < -0.39 is 51.8 Å². The van der Waals surface area contributed by atoms with Gasteiger partial charge in [0.25, 0.3) is 0 Å². The number of hydrogen-bond donors (Lipinski definition) is 3. The Balaban J connectivity index is 4.20. The molecule has 0 aliphatic carbocycles. The van der Waals surface area contributed by atoms with Crippen LogP contribution < -0.4 is 0 Å². The molecule has 0 aromatic carbocycles. The first-order chi connectivity index (χ1) is 26.2. The standard InChI is InChI=1S/C43H81O10P/c1-3-5-7-9-11-13-14-15-16-17-18-19-20-21-22-23-24-25-26-27-29-31-33-35-43(47)53-41(39-52-54(48,49)51-37-40(45)36-44)38-50-42(46)34-32-30-28-12-10-8-6-4-2/h23-24,27,29,40-41,44-45H,3-22,25-26,28,30-39H2,1-2H3,(H,48,49)/b24-23+,29-27+/t40-,41+/m0/s1. The molecule has 54 heavy (non-hydrogen) atoms. The first-order valence-corrected chi connectivity index (χ1v) is 23.3. The molecule has 1 unspecified atom stereocenters. The van der Waals surface area contributed by atoms with Crippen LogP contribution in [0.1, 0.15) is 200 Å². The molecule has 0 fully saturated rings. The van der Waals surface area contributed by atoms with E-state index in [1.54, 1.807) is 0 Å².